The van der Waals surface area contributed by atoms with Gasteiger partial charge in [-0.15, -0.1) is 0 Å². The predicted molar refractivity (Wildman–Crippen MR) is 91.3 cm³/mol. The quantitative estimate of drug-likeness (QED) is 0.895. The normalized spacial score (nSPS) is 23.6. The molecule has 2 amide bonds. The van der Waals surface area contributed by atoms with Crippen LogP contribution in [0.4, 0.5) is 0 Å². The van der Waals surface area contributed by atoms with Gasteiger partial charge in [0, 0.05) is 19.7 Å². The molecular weight excluding hydrogens is 304 g/mol. The summed E-state index contributed by atoms with van der Waals surface area (Å²) in [6.07, 6.45) is 9.05. The van der Waals surface area contributed by atoms with Crippen LogP contribution < -0.4 is 5.32 Å². The first-order chi connectivity index (χ1) is 11.4. The summed E-state index contributed by atoms with van der Waals surface area (Å²) in [7, 11) is 0. The fourth-order valence-corrected chi connectivity index (χ4v) is 3.90. The van der Waals surface area contributed by atoms with Crippen molar-refractivity contribution < 1.29 is 9.59 Å². The Labute approximate surface area is 143 Å². The first kappa shape index (κ1) is 17.0. The minimum atomic E-state index is -0.762. The zero-order valence-electron chi connectivity index (χ0n) is 14.9. The van der Waals surface area contributed by atoms with Crippen molar-refractivity contribution in [3.63, 3.8) is 0 Å². The third kappa shape index (κ3) is 3.47. The van der Waals surface area contributed by atoms with E-state index in [2.05, 4.69) is 10.4 Å². The summed E-state index contributed by atoms with van der Waals surface area (Å²) in [6, 6.07) is 0.150. The molecule has 1 aliphatic heterocycles. The van der Waals surface area contributed by atoms with Gasteiger partial charge >= 0.3 is 0 Å². The average molecular weight is 332 g/mol. The fourth-order valence-electron chi connectivity index (χ4n) is 3.90. The Kier molecular flexibility index (Phi) is 4.65. The maximum absolute atomic E-state index is 13.3. The van der Waals surface area contributed by atoms with Crippen molar-refractivity contribution in [1.29, 1.82) is 0 Å². The summed E-state index contributed by atoms with van der Waals surface area (Å²) in [5, 5.41) is 7.32. The van der Waals surface area contributed by atoms with E-state index in [0.29, 0.717) is 0 Å². The van der Waals surface area contributed by atoms with Crippen LogP contribution in [0.1, 0.15) is 51.5 Å². The molecule has 1 aliphatic carbocycles. The van der Waals surface area contributed by atoms with Gasteiger partial charge in [0.25, 0.3) is 0 Å². The fraction of sp³-hybridized carbons (Fsp3) is 0.722. The summed E-state index contributed by atoms with van der Waals surface area (Å²) >= 11 is 0. The van der Waals surface area contributed by atoms with Gasteiger partial charge < -0.3 is 10.2 Å². The Balaban J connectivity index is 1.78. The van der Waals surface area contributed by atoms with E-state index in [-0.39, 0.29) is 23.8 Å². The van der Waals surface area contributed by atoms with Gasteiger partial charge in [0.05, 0.1) is 18.8 Å². The molecule has 0 bridgehead atoms. The standard InChI is InChI=1S/C18H28N4O2/c1-13-10-19-21(11-13)12-16-6-4-5-9-22(16)17(24)18(3,15-7-8-15)20-14(2)23/h10-11,15-16H,4-9,12H2,1-3H3,(H,20,23)/t16-,18+/m1/s1. The van der Waals surface area contributed by atoms with Crippen molar-refractivity contribution in [3.05, 3.63) is 18.0 Å². The van der Waals surface area contributed by atoms with E-state index in [0.717, 1.165) is 50.8 Å². The predicted octanol–water partition coefficient (Wildman–Crippen LogP) is 1.88. The van der Waals surface area contributed by atoms with Crippen LogP contribution in [-0.2, 0) is 16.1 Å². The number of hydrogen-bond donors (Lipinski definition) is 1. The van der Waals surface area contributed by atoms with Crippen molar-refractivity contribution in [1.82, 2.24) is 20.0 Å². The first-order valence-corrected chi connectivity index (χ1v) is 8.99. The van der Waals surface area contributed by atoms with E-state index in [1.54, 1.807) is 0 Å². The minimum Gasteiger partial charge on any atom is -0.342 e. The molecule has 0 unspecified atom stereocenters. The molecule has 1 aromatic rings. The second-order valence-electron chi connectivity index (χ2n) is 7.55. The third-order valence-corrected chi connectivity index (χ3v) is 5.32. The molecule has 1 aromatic heterocycles. The van der Waals surface area contributed by atoms with Crippen LogP contribution in [0.25, 0.3) is 0 Å². The number of aryl methyl sites for hydroxylation is 1. The molecule has 24 heavy (non-hydrogen) atoms. The number of amides is 2. The molecule has 6 nitrogen and oxygen atoms in total. The highest BCUT2D eigenvalue weighted by molar-refractivity contribution is 5.91. The number of hydrogen-bond acceptors (Lipinski definition) is 3. The molecule has 2 fully saturated rings. The molecule has 1 saturated heterocycles. The number of carbonyl (C=O) groups is 2. The molecule has 1 saturated carbocycles. The lowest BCUT2D eigenvalue weighted by atomic mass is 9.90. The molecule has 2 atom stereocenters. The van der Waals surface area contributed by atoms with E-state index in [9.17, 15) is 9.59 Å². The van der Waals surface area contributed by atoms with E-state index in [1.165, 1.54) is 6.92 Å². The van der Waals surface area contributed by atoms with Crippen LogP contribution in [0.2, 0.25) is 0 Å². The van der Waals surface area contributed by atoms with E-state index < -0.39 is 5.54 Å². The minimum absolute atomic E-state index is 0.0776. The van der Waals surface area contributed by atoms with E-state index in [1.807, 2.05) is 35.8 Å². The van der Waals surface area contributed by atoms with Crippen LogP contribution in [0, 0.1) is 12.8 Å². The Morgan fingerprint density at radius 1 is 1.33 bits per heavy atom. The SMILES string of the molecule is CC(=O)N[C@](C)(C(=O)N1CCCC[C@@H]1Cn1cc(C)cn1)C1CC1. The first-order valence-electron chi connectivity index (χ1n) is 8.99. The van der Waals surface area contributed by atoms with Crippen molar-refractivity contribution in [2.45, 2.75) is 71.0 Å². The highest BCUT2D eigenvalue weighted by Gasteiger charge is 2.50. The number of likely N-dealkylation sites (tertiary alicyclic amines) is 1. The zero-order valence-corrected chi connectivity index (χ0v) is 14.9. The maximum atomic E-state index is 13.3. The van der Waals surface area contributed by atoms with Gasteiger partial charge in [-0.05, 0) is 57.4 Å². The molecule has 0 spiro atoms. The summed E-state index contributed by atoms with van der Waals surface area (Å²) in [6.45, 7) is 6.91. The third-order valence-electron chi connectivity index (χ3n) is 5.32. The van der Waals surface area contributed by atoms with Crippen molar-refractivity contribution >= 4 is 11.8 Å². The Morgan fingerprint density at radius 3 is 2.67 bits per heavy atom. The van der Waals surface area contributed by atoms with Gasteiger partial charge in [-0.1, -0.05) is 0 Å². The van der Waals surface area contributed by atoms with Gasteiger partial charge in [-0.2, -0.15) is 5.10 Å². The van der Waals surface area contributed by atoms with Gasteiger partial charge in [0.15, 0.2) is 0 Å². The van der Waals surface area contributed by atoms with E-state index >= 15 is 0 Å². The number of rotatable bonds is 5. The van der Waals surface area contributed by atoms with Gasteiger partial charge in [-0.25, -0.2) is 0 Å². The average Bonchev–Trinajstić information content (AvgIpc) is 3.31. The summed E-state index contributed by atoms with van der Waals surface area (Å²) in [5.74, 6) is 0.214. The monoisotopic (exact) mass is 332 g/mol. The van der Waals surface area contributed by atoms with E-state index in [4.69, 9.17) is 0 Å². The maximum Gasteiger partial charge on any atom is 0.248 e. The van der Waals surface area contributed by atoms with Crippen LogP contribution in [-0.4, -0.2) is 44.6 Å². The lowest BCUT2D eigenvalue weighted by Gasteiger charge is -2.42. The molecule has 0 aromatic carbocycles. The van der Waals surface area contributed by atoms with Crippen LogP contribution in [0.5, 0.6) is 0 Å². The smallest absolute Gasteiger partial charge is 0.248 e. The number of piperidine rings is 1. The van der Waals surface area contributed by atoms with Gasteiger partial charge in [0.2, 0.25) is 11.8 Å². The molecule has 1 N–H and O–H groups in total. The van der Waals surface area contributed by atoms with Crippen LogP contribution >= 0.6 is 0 Å². The molecular formula is C18H28N4O2. The number of nitrogens with zero attached hydrogens (tertiary/aromatic N) is 3. The molecule has 3 rings (SSSR count). The van der Waals surface area contributed by atoms with Crippen LogP contribution in [0.15, 0.2) is 12.4 Å². The largest absolute Gasteiger partial charge is 0.342 e. The van der Waals surface area contributed by atoms with Crippen LogP contribution in [0.3, 0.4) is 0 Å². The molecule has 132 valence electrons. The Bertz CT molecular complexity index is 622. The second kappa shape index (κ2) is 6.57. The summed E-state index contributed by atoms with van der Waals surface area (Å²) < 4.78 is 1.93. The molecule has 6 heteroatoms. The highest BCUT2D eigenvalue weighted by atomic mass is 16.2. The Hall–Kier alpha value is -1.85. The number of aromatic nitrogens is 2. The summed E-state index contributed by atoms with van der Waals surface area (Å²) in [4.78, 5) is 27.0. The van der Waals surface area contributed by atoms with Crippen molar-refractivity contribution in [3.8, 4) is 0 Å². The highest BCUT2D eigenvalue weighted by Crippen LogP contribution is 2.41. The second-order valence-corrected chi connectivity index (χ2v) is 7.55. The molecule has 2 heterocycles. The Morgan fingerprint density at radius 2 is 2.08 bits per heavy atom. The van der Waals surface area contributed by atoms with Gasteiger partial charge in [0.1, 0.15) is 5.54 Å². The lowest BCUT2D eigenvalue weighted by molar-refractivity contribution is -0.145. The van der Waals surface area contributed by atoms with Gasteiger partial charge in [-0.3, -0.25) is 14.3 Å². The topological polar surface area (TPSA) is 67.2 Å². The van der Waals surface area contributed by atoms with Crippen molar-refractivity contribution in [2.75, 3.05) is 6.54 Å². The lowest BCUT2D eigenvalue weighted by Crippen LogP contribution is -2.62. The summed E-state index contributed by atoms with van der Waals surface area (Å²) in [5.41, 5.74) is 0.367. The molecule has 2 aliphatic rings. The number of nitrogens with one attached hydrogen (secondary N) is 1. The van der Waals surface area contributed by atoms with Crippen molar-refractivity contribution in [2.24, 2.45) is 5.92 Å². The number of carbonyl (C=O) groups excluding carboxylic acids is 2. The molecule has 0 radical (unpaired) electrons. The zero-order chi connectivity index (χ0) is 17.3.